The van der Waals surface area contributed by atoms with Gasteiger partial charge in [-0.05, 0) is 17.7 Å². The van der Waals surface area contributed by atoms with Crippen molar-refractivity contribution in [3.63, 3.8) is 0 Å². The van der Waals surface area contributed by atoms with Gasteiger partial charge in [-0.25, -0.2) is 0 Å². The van der Waals surface area contributed by atoms with Gasteiger partial charge < -0.3 is 4.42 Å². The number of fused-ring (bicyclic) bond motifs is 2. The highest BCUT2D eigenvalue weighted by atomic mass is 32.1. The molecule has 0 radical (unpaired) electrons. The van der Waals surface area contributed by atoms with Crippen LogP contribution in [0.2, 0.25) is 0 Å². The maximum absolute atomic E-state index is 13.4. The second kappa shape index (κ2) is 6.63. The summed E-state index contributed by atoms with van der Waals surface area (Å²) in [5.74, 6) is -0.106. The first-order chi connectivity index (χ1) is 14.1. The average molecular weight is 403 g/mol. The lowest BCUT2D eigenvalue weighted by Gasteiger charge is -2.21. The number of amides is 1. The summed E-state index contributed by atoms with van der Waals surface area (Å²) in [7, 11) is 0. The first-order valence-corrected chi connectivity index (χ1v) is 10.2. The van der Waals surface area contributed by atoms with Crippen LogP contribution in [0.5, 0.6) is 0 Å². The number of carbonyl (C=O) groups excluding carboxylic acids is 1. The molecule has 3 heterocycles. The van der Waals surface area contributed by atoms with Crippen LogP contribution in [0.1, 0.15) is 52.5 Å². The Bertz CT molecular complexity index is 1290. The van der Waals surface area contributed by atoms with Crippen molar-refractivity contribution in [3.8, 4) is 0 Å². The molecule has 0 N–H and O–H groups in total. The van der Waals surface area contributed by atoms with Crippen LogP contribution < -0.4 is 10.3 Å². The number of benzene rings is 2. The molecule has 6 nitrogen and oxygen atoms in total. The Morgan fingerprint density at radius 3 is 2.45 bits per heavy atom. The number of anilines is 1. The van der Waals surface area contributed by atoms with Crippen LogP contribution in [0.3, 0.4) is 0 Å². The minimum absolute atomic E-state index is 0.0730. The maximum atomic E-state index is 13.4. The van der Waals surface area contributed by atoms with E-state index in [0.717, 1.165) is 10.6 Å². The molecule has 0 saturated heterocycles. The van der Waals surface area contributed by atoms with E-state index in [9.17, 15) is 9.59 Å². The number of carbonyl (C=O) groups is 1. The van der Waals surface area contributed by atoms with Gasteiger partial charge in [0, 0.05) is 5.92 Å². The van der Waals surface area contributed by atoms with Crippen LogP contribution in [0.25, 0.3) is 11.0 Å². The maximum Gasteiger partial charge on any atom is 0.297 e. The minimum atomic E-state index is -0.604. The Kier molecular flexibility index (Phi) is 4.06. The van der Waals surface area contributed by atoms with Gasteiger partial charge in [0.15, 0.2) is 5.43 Å². The zero-order valence-corrected chi connectivity index (χ0v) is 16.6. The first kappa shape index (κ1) is 17.8. The van der Waals surface area contributed by atoms with Crippen LogP contribution in [-0.2, 0) is 0 Å². The fourth-order valence-electron chi connectivity index (χ4n) is 3.62. The normalized spacial score (nSPS) is 16.0. The van der Waals surface area contributed by atoms with Crippen LogP contribution in [-0.4, -0.2) is 16.1 Å². The van der Waals surface area contributed by atoms with Crippen molar-refractivity contribution in [2.24, 2.45) is 0 Å². The number of nitrogens with zero attached hydrogens (tertiary/aromatic N) is 3. The summed E-state index contributed by atoms with van der Waals surface area (Å²) in [6, 6.07) is 15.9. The fraction of sp³-hybridized carbons (Fsp3) is 0.182. The molecule has 0 saturated carbocycles. The summed E-state index contributed by atoms with van der Waals surface area (Å²) in [6.45, 7) is 4.05. The second-order valence-corrected chi connectivity index (χ2v) is 8.22. The third-order valence-electron chi connectivity index (χ3n) is 5.02. The summed E-state index contributed by atoms with van der Waals surface area (Å²) in [5, 5.41) is 10.2. The van der Waals surface area contributed by atoms with Gasteiger partial charge in [0.1, 0.15) is 10.6 Å². The van der Waals surface area contributed by atoms with Gasteiger partial charge in [0.05, 0.1) is 17.0 Å². The molecule has 2 aromatic carbocycles. The standard InChI is InChI=1S/C22H17N3O3S/c1-12(2)20-23-24-22(29-20)25-17(13-8-4-3-5-9-13)16-18(26)14-10-6-7-11-15(14)28-19(16)21(25)27/h3-12,17H,1-2H3/t17-/m0/s1. The topological polar surface area (TPSA) is 76.3 Å². The van der Waals surface area contributed by atoms with Gasteiger partial charge in [0.2, 0.25) is 10.9 Å². The van der Waals surface area contributed by atoms with E-state index in [1.54, 1.807) is 24.3 Å². The Labute approximate surface area is 170 Å². The van der Waals surface area contributed by atoms with Crippen molar-refractivity contribution >= 4 is 33.3 Å². The average Bonchev–Trinajstić information content (AvgIpc) is 3.33. The molecule has 0 unspecified atom stereocenters. The summed E-state index contributed by atoms with van der Waals surface area (Å²) >= 11 is 1.36. The third-order valence-corrected chi connectivity index (χ3v) is 6.25. The highest BCUT2D eigenvalue weighted by Crippen LogP contribution is 2.42. The fourth-order valence-corrected chi connectivity index (χ4v) is 4.50. The van der Waals surface area contributed by atoms with E-state index >= 15 is 0 Å². The molecule has 4 aromatic rings. The number of aromatic nitrogens is 2. The zero-order chi connectivity index (χ0) is 20.1. The van der Waals surface area contributed by atoms with Crippen molar-refractivity contribution in [1.29, 1.82) is 0 Å². The molecular formula is C22H17N3O3S. The van der Waals surface area contributed by atoms with Crippen LogP contribution >= 0.6 is 11.3 Å². The van der Waals surface area contributed by atoms with Gasteiger partial charge >= 0.3 is 0 Å². The van der Waals surface area contributed by atoms with E-state index in [0.29, 0.717) is 21.7 Å². The lowest BCUT2D eigenvalue weighted by atomic mass is 9.99. The monoisotopic (exact) mass is 403 g/mol. The van der Waals surface area contributed by atoms with Crippen molar-refractivity contribution in [3.05, 3.63) is 86.7 Å². The lowest BCUT2D eigenvalue weighted by molar-refractivity contribution is 0.0970. The summed E-state index contributed by atoms with van der Waals surface area (Å²) < 4.78 is 5.92. The number of hydrogen-bond acceptors (Lipinski definition) is 6. The molecule has 0 spiro atoms. The zero-order valence-electron chi connectivity index (χ0n) is 15.8. The largest absolute Gasteiger partial charge is 0.450 e. The molecule has 2 aromatic heterocycles. The van der Waals surface area contributed by atoms with Gasteiger partial charge in [-0.3, -0.25) is 14.5 Å². The lowest BCUT2D eigenvalue weighted by Crippen LogP contribution is -2.29. The molecule has 144 valence electrons. The Morgan fingerprint density at radius 1 is 1.00 bits per heavy atom. The Morgan fingerprint density at radius 2 is 1.72 bits per heavy atom. The third kappa shape index (κ3) is 2.69. The predicted molar refractivity (Wildman–Crippen MR) is 112 cm³/mol. The molecule has 0 fully saturated rings. The molecular weight excluding hydrogens is 386 g/mol. The summed E-state index contributed by atoms with van der Waals surface area (Å²) in [4.78, 5) is 28.3. The number of para-hydroxylation sites is 1. The summed E-state index contributed by atoms with van der Waals surface area (Å²) in [6.07, 6.45) is 0. The molecule has 1 amide bonds. The predicted octanol–water partition coefficient (Wildman–Crippen LogP) is 4.52. The van der Waals surface area contributed by atoms with Gasteiger partial charge in [-0.1, -0.05) is 67.6 Å². The molecule has 1 aliphatic heterocycles. The van der Waals surface area contributed by atoms with Crippen LogP contribution in [0.15, 0.2) is 63.8 Å². The van der Waals surface area contributed by atoms with Crippen molar-refractivity contribution in [1.82, 2.24) is 10.2 Å². The van der Waals surface area contributed by atoms with Crippen molar-refractivity contribution in [2.75, 3.05) is 4.90 Å². The van der Waals surface area contributed by atoms with Gasteiger partial charge in [-0.15, -0.1) is 10.2 Å². The van der Waals surface area contributed by atoms with Crippen molar-refractivity contribution < 1.29 is 9.21 Å². The highest BCUT2D eigenvalue weighted by Gasteiger charge is 2.45. The van der Waals surface area contributed by atoms with Crippen LogP contribution in [0.4, 0.5) is 5.13 Å². The van der Waals surface area contributed by atoms with Crippen LogP contribution in [0, 0.1) is 0 Å². The minimum Gasteiger partial charge on any atom is -0.450 e. The molecule has 1 atom stereocenters. The van der Waals surface area contributed by atoms with E-state index in [4.69, 9.17) is 4.42 Å². The van der Waals surface area contributed by atoms with E-state index in [1.165, 1.54) is 16.2 Å². The molecule has 5 rings (SSSR count). The number of rotatable bonds is 3. The molecule has 0 aliphatic carbocycles. The van der Waals surface area contributed by atoms with E-state index in [-0.39, 0.29) is 23.0 Å². The summed E-state index contributed by atoms with van der Waals surface area (Å²) in [5.41, 5.74) is 1.38. The molecule has 1 aliphatic rings. The quantitative estimate of drug-likeness (QED) is 0.503. The molecule has 7 heteroatoms. The van der Waals surface area contributed by atoms with Gasteiger partial charge in [-0.2, -0.15) is 0 Å². The van der Waals surface area contributed by atoms with E-state index in [1.807, 2.05) is 44.2 Å². The molecule has 29 heavy (non-hydrogen) atoms. The first-order valence-electron chi connectivity index (χ1n) is 9.34. The van der Waals surface area contributed by atoms with E-state index < -0.39 is 6.04 Å². The van der Waals surface area contributed by atoms with Crippen molar-refractivity contribution in [2.45, 2.75) is 25.8 Å². The Balaban J connectivity index is 1.78. The highest BCUT2D eigenvalue weighted by molar-refractivity contribution is 7.15. The van der Waals surface area contributed by atoms with E-state index in [2.05, 4.69) is 10.2 Å². The van der Waals surface area contributed by atoms with Gasteiger partial charge in [0.25, 0.3) is 5.91 Å². The SMILES string of the molecule is CC(C)c1nnc(N2C(=O)c3oc4ccccc4c(=O)c3[C@@H]2c2ccccc2)s1. The second-order valence-electron chi connectivity index (χ2n) is 7.24. The smallest absolute Gasteiger partial charge is 0.297 e. The Hall–Kier alpha value is -3.32. The number of hydrogen-bond donors (Lipinski definition) is 0. The molecule has 0 bridgehead atoms.